The van der Waals surface area contributed by atoms with Crippen molar-refractivity contribution < 1.29 is 12.8 Å². The van der Waals surface area contributed by atoms with Crippen molar-refractivity contribution in [2.75, 3.05) is 19.0 Å². The molecule has 26 heavy (non-hydrogen) atoms. The number of halogens is 1. The Balaban J connectivity index is 1.98. The van der Waals surface area contributed by atoms with Crippen LogP contribution in [0, 0.1) is 12.7 Å². The first-order valence-electron chi connectivity index (χ1n) is 8.18. The number of aryl methyl sites for hydroxylation is 1. The predicted octanol–water partition coefficient (Wildman–Crippen LogP) is 4.70. The molecule has 134 valence electrons. The van der Waals surface area contributed by atoms with E-state index in [2.05, 4.69) is 0 Å². The van der Waals surface area contributed by atoms with Crippen LogP contribution < -0.4 is 4.90 Å². The highest BCUT2D eigenvalue weighted by atomic mass is 32.2. The number of rotatable bonds is 4. The molecule has 5 heteroatoms. The maximum atomic E-state index is 13.1. The van der Waals surface area contributed by atoms with Crippen LogP contribution in [-0.2, 0) is 9.84 Å². The summed E-state index contributed by atoms with van der Waals surface area (Å²) in [6.07, 6.45) is 0. The summed E-state index contributed by atoms with van der Waals surface area (Å²) in [7, 11) is 0.295. The number of nitrogens with zero attached hydrogens (tertiary/aromatic N) is 1. The average molecular weight is 369 g/mol. The zero-order valence-electron chi connectivity index (χ0n) is 14.9. The van der Waals surface area contributed by atoms with E-state index in [1.807, 2.05) is 56.3 Å². The van der Waals surface area contributed by atoms with E-state index in [9.17, 15) is 12.8 Å². The first kappa shape index (κ1) is 18.1. The van der Waals surface area contributed by atoms with Crippen molar-refractivity contribution in [2.24, 2.45) is 0 Å². The monoisotopic (exact) mass is 369 g/mol. The normalized spacial score (nSPS) is 11.4. The van der Waals surface area contributed by atoms with Crippen molar-refractivity contribution in [1.82, 2.24) is 0 Å². The van der Waals surface area contributed by atoms with E-state index < -0.39 is 15.7 Å². The van der Waals surface area contributed by atoms with Gasteiger partial charge in [0.2, 0.25) is 9.84 Å². The van der Waals surface area contributed by atoms with Gasteiger partial charge in [-0.25, -0.2) is 12.8 Å². The summed E-state index contributed by atoms with van der Waals surface area (Å²) in [6.45, 7) is 1.89. The van der Waals surface area contributed by atoms with Gasteiger partial charge in [0, 0.05) is 19.8 Å². The maximum absolute atomic E-state index is 13.1. The number of benzene rings is 3. The third-order valence-electron chi connectivity index (χ3n) is 4.33. The zero-order chi connectivity index (χ0) is 18.9. The molecule has 3 rings (SSSR count). The largest absolute Gasteiger partial charge is 0.378 e. The topological polar surface area (TPSA) is 37.4 Å². The van der Waals surface area contributed by atoms with Gasteiger partial charge in [-0.3, -0.25) is 0 Å². The average Bonchev–Trinajstić information content (AvgIpc) is 2.62. The molecule has 0 saturated heterocycles. The van der Waals surface area contributed by atoms with Gasteiger partial charge in [0.25, 0.3) is 0 Å². The second-order valence-corrected chi connectivity index (χ2v) is 8.33. The van der Waals surface area contributed by atoms with Gasteiger partial charge in [-0.15, -0.1) is 0 Å². The first-order chi connectivity index (χ1) is 12.3. The molecule has 0 unspecified atom stereocenters. The molecule has 0 spiro atoms. The smallest absolute Gasteiger partial charge is 0.206 e. The molecular weight excluding hydrogens is 349 g/mol. The van der Waals surface area contributed by atoms with Gasteiger partial charge in [0.15, 0.2) is 0 Å². The van der Waals surface area contributed by atoms with Gasteiger partial charge < -0.3 is 4.90 Å². The van der Waals surface area contributed by atoms with Crippen LogP contribution in [0.3, 0.4) is 0 Å². The molecule has 0 aliphatic carbocycles. The first-order valence-corrected chi connectivity index (χ1v) is 9.66. The van der Waals surface area contributed by atoms with Crippen LogP contribution in [0.4, 0.5) is 10.1 Å². The Morgan fingerprint density at radius 3 is 1.92 bits per heavy atom. The second-order valence-electron chi connectivity index (χ2n) is 6.38. The fraction of sp³-hybridized carbons (Fsp3) is 0.143. The molecule has 3 nitrogen and oxygen atoms in total. The molecular formula is C21H20FNO2S. The van der Waals surface area contributed by atoms with Gasteiger partial charge in [0.1, 0.15) is 5.82 Å². The third-order valence-corrected chi connectivity index (χ3v) is 6.09. The molecule has 0 amide bonds. The van der Waals surface area contributed by atoms with Crippen LogP contribution in [0.25, 0.3) is 11.1 Å². The lowest BCUT2D eigenvalue weighted by molar-refractivity contribution is 0.594. The zero-order valence-corrected chi connectivity index (χ0v) is 15.7. The van der Waals surface area contributed by atoms with Crippen molar-refractivity contribution in [1.29, 1.82) is 0 Å². The van der Waals surface area contributed by atoms with Crippen LogP contribution in [0.2, 0.25) is 0 Å². The van der Waals surface area contributed by atoms with Gasteiger partial charge in [0.05, 0.1) is 9.79 Å². The fourth-order valence-electron chi connectivity index (χ4n) is 2.82. The van der Waals surface area contributed by atoms with Gasteiger partial charge in [-0.2, -0.15) is 0 Å². The van der Waals surface area contributed by atoms with Gasteiger partial charge >= 0.3 is 0 Å². The minimum atomic E-state index is -3.67. The molecule has 3 aromatic carbocycles. The molecule has 0 radical (unpaired) electrons. The van der Waals surface area contributed by atoms with E-state index in [1.54, 1.807) is 12.1 Å². The highest BCUT2D eigenvalue weighted by molar-refractivity contribution is 7.91. The molecule has 0 fully saturated rings. The number of anilines is 1. The molecule has 0 aliphatic heterocycles. The van der Waals surface area contributed by atoms with Crippen LogP contribution in [-0.4, -0.2) is 22.5 Å². The van der Waals surface area contributed by atoms with Crippen molar-refractivity contribution >= 4 is 15.5 Å². The maximum Gasteiger partial charge on any atom is 0.206 e. The molecule has 0 aromatic heterocycles. The van der Waals surface area contributed by atoms with Crippen LogP contribution in [0.5, 0.6) is 0 Å². The van der Waals surface area contributed by atoms with Crippen molar-refractivity contribution in [3.05, 3.63) is 78.1 Å². The summed E-state index contributed by atoms with van der Waals surface area (Å²) in [6, 6.07) is 18.0. The third kappa shape index (κ3) is 3.48. The number of hydrogen-bond donors (Lipinski definition) is 0. The lowest BCUT2D eigenvalue weighted by atomic mass is 10.0. The minimum Gasteiger partial charge on any atom is -0.378 e. The summed E-state index contributed by atoms with van der Waals surface area (Å²) in [5, 5.41) is 0. The lowest BCUT2D eigenvalue weighted by Gasteiger charge is -2.14. The Kier molecular flexibility index (Phi) is 4.83. The highest BCUT2D eigenvalue weighted by Gasteiger charge is 2.18. The summed E-state index contributed by atoms with van der Waals surface area (Å²) in [5.74, 6) is -0.461. The summed E-state index contributed by atoms with van der Waals surface area (Å²) in [4.78, 5) is 2.31. The molecule has 3 aromatic rings. The molecule has 0 bridgehead atoms. The molecule has 0 saturated carbocycles. The van der Waals surface area contributed by atoms with Crippen LogP contribution >= 0.6 is 0 Å². The van der Waals surface area contributed by atoms with Crippen LogP contribution in [0.15, 0.2) is 76.5 Å². The summed E-state index contributed by atoms with van der Waals surface area (Å²) < 4.78 is 38.5. The second kappa shape index (κ2) is 6.92. The van der Waals surface area contributed by atoms with Crippen molar-refractivity contribution in [3.63, 3.8) is 0 Å². The Hall–Kier alpha value is -2.66. The quantitative estimate of drug-likeness (QED) is 0.626. The Morgan fingerprint density at radius 2 is 1.38 bits per heavy atom. The van der Waals surface area contributed by atoms with Gasteiger partial charge in [-0.05, 0) is 72.1 Å². The van der Waals surface area contributed by atoms with Crippen molar-refractivity contribution in [3.8, 4) is 11.1 Å². The van der Waals surface area contributed by atoms with Crippen molar-refractivity contribution in [2.45, 2.75) is 16.7 Å². The van der Waals surface area contributed by atoms with E-state index in [4.69, 9.17) is 0 Å². The summed E-state index contributed by atoms with van der Waals surface area (Å²) >= 11 is 0. The highest BCUT2D eigenvalue weighted by Crippen LogP contribution is 2.29. The summed E-state index contributed by atoms with van der Waals surface area (Å²) in [5.41, 5.74) is 3.97. The van der Waals surface area contributed by atoms with E-state index >= 15 is 0 Å². The lowest BCUT2D eigenvalue weighted by Crippen LogP contribution is -2.08. The standard InChI is InChI=1S/C21H20FNO2S/c1-15-14-20(26(24,25)19-10-6-17(22)7-11-19)12-13-21(15)16-4-8-18(9-5-16)23(2)3/h4-14H,1-3H3. The molecule has 0 N–H and O–H groups in total. The van der Waals surface area contributed by atoms with E-state index in [-0.39, 0.29) is 9.79 Å². The number of sulfone groups is 1. The van der Waals surface area contributed by atoms with E-state index in [1.165, 1.54) is 12.1 Å². The molecule has 0 atom stereocenters. The van der Waals surface area contributed by atoms with E-state index in [0.29, 0.717) is 0 Å². The molecule has 0 aliphatic rings. The Morgan fingerprint density at radius 1 is 0.808 bits per heavy atom. The SMILES string of the molecule is Cc1cc(S(=O)(=O)c2ccc(F)cc2)ccc1-c1ccc(N(C)C)cc1. The predicted molar refractivity (Wildman–Crippen MR) is 103 cm³/mol. The molecule has 0 heterocycles. The Labute approximate surface area is 153 Å². The number of hydrogen-bond acceptors (Lipinski definition) is 3. The minimum absolute atomic E-state index is 0.0846. The van der Waals surface area contributed by atoms with Gasteiger partial charge in [-0.1, -0.05) is 18.2 Å². The fourth-order valence-corrected chi connectivity index (χ4v) is 4.16. The Bertz CT molecular complexity index is 1020. The van der Waals surface area contributed by atoms with Crippen LogP contribution in [0.1, 0.15) is 5.56 Å². The van der Waals surface area contributed by atoms with E-state index in [0.717, 1.165) is 34.5 Å².